The predicted molar refractivity (Wildman–Crippen MR) is 123 cm³/mol. The molecule has 0 atom stereocenters. The van der Waals surface area contributed by atoms with E-state index in [1.807, 2.05) is 29.7 Å². The van der Waals surface area contributed by atoms with Crippen LogP contribution in [0.2, 0.25) is 0 Å². The molecule has 156 valence electrons. The Bertz CT molecular complexity index is 1060. The summed E-state index contributed by atoms with van der Waals surface area (Å²) in [7, 11) is 0. The molecule has 1 aliphatic heterocycles. The van der Waals surface area contributed by atoms with Gasteiger partial charge in [0.1, 0.15) is 5.82 Å². The van der Waals surface area contributed by atoms with Gasteiger partial charge in [0.05, 0.1) is 22.8 Å². The Morgan fingerprint density at radius 1 is 1.03 bits per heavy atom. The Morgan fingerprint density at radius 2 is 1.80 bits per heavy atom. The van der Waals surface area contributed by atoms with Crippen LogP contribution in [0.25, 0.3) is 5.69 Å². The lowest BCUT2D eigenvalue weighted by atomic mass is 10.1. The molecule has 0 aliphatic carbocycles. The van der Waals surface area contributed by atoms with Gasteiger partial charge in [-0.3, -0.25) is 9.36 Å². The van der Waals surface area contributed by atoms with Crippen LogP contribution in [0.4, 0.5) is 11.4 Å². The molecule has 6 nitrogen and oxygen atoms in total. The van der Waals surface area contributed by atoms with Crippen LogP contribution in [0.1, 0.15) is 29.8 Å². The summed E-state index contributed by atoms with van der Waals surface area (Å²) in [6.45, 7) is 8.16. The Kier molecular flexibility index (Phi) is 6.08. The van der Waals surface area contributed by atoms with E-state index in [-0.39, 0.29) is 11.7 Å². The van der Waals surface area contributed by atoms with Gasteiger partial charge in [0, 0.05) is 13.1 Å². The summed E-state index contributed by atoms with van der Waals surface area (Å²) < 4.78 is 2.03. The van der Waals surface area contributed by atoms with E-state index in [9.17, 15) is 4.79 Å². The molecule has 1 aromatic heterocycles. The highest BCUT2D eigenvalue weighted by atomic mass is 32.2. The largest absolute Gasteiger partial charge is 0.370 e. The molecule has 3 aromatic rings. The zero-order chi connectivity index (χ0) is 21.1. The van der Waals surface area contributed by atoms with E-state index in [2.05, 4.69) is 58.5 Å². The molecule has 0 saturated carbocycles. The van der Waals surface area contributed by atoms with Gasteiger partial charge >= 0.3 is 0 Å². The van der Waals surface area contributed by atoms with Crippen molar-refractivity contribution in [2.75, 3.05) is 29.1 Å². The van der Waals surface area contributed by atoms with E-state index < -0.39 is 0 Å². The summed E-state index contributed by atoms with van der Waals surface area (Å²) in [5.41, 5.74) is 5.35. The van der Waals surface area contributed by atoms with Crippen molar-refractivity contribution < 1.29 is 4.79 Å². The molecular weight excluding hydrogens is 394 g/mol. The second kappa shape index (κ2) is 8.92. The first-order chi connectivity index (χ1) is 14.5. The van der Waals surface area contributed by atoms with Crippen molar-refractivity contribution in [3.05, 3.63) is 59.4 Å². The Morgan fingerprint density at radius 3 is 2.60 bits per heavy atom. The van der Waals surface area contributed by atoms with Crippen LogP contribution in [0.15, 0.2) is 47.6 Å². The highest BCUT2D eigenvalue weighted by Gasteiger charge is 2.18. The number of thioether (sulfide) groups is 1. The van der Waals surface area contributed by atoms with Crippen molar-refractivity contribution in [2.24, 2.45) is 0 Å². The molecule has 1 saturated heterocycles. The van der Waals surface area contributed by atoms with Crippen molar-refractivity contribution in [2.45, 2.75) is 38.8 Å². The van der Waals surface area contributed by atoms with Crippen molar-refractivity contribution in [1.82, 2.24) is 14.8 Å². The molecule has 1 N–H and O–H groups in total. The standard InChI is InChI=1S/C23H27N5OS/c1-16-10-11-17(2)21(14-16)28-18(3)25-26-23(28)30-15-22(29)24-19-8-4-5-9-20(19)27-12-6-7-13-27/h4-5,8-11,14H,6-7,12-13,15H2,1-3H3,(H,24,29). The lowest BCUT2D eigenvalue weighted by molar-refractivity contribution is -0.113. The van der Waals surface area contributed by atoms with Crippen molar-refractivity contribution >= 4 is 29.0 Å². The fourth-order valence-corrected chi connectivity index (χ4v) is 4.59. The molecule has 7 heteroatoms. The quantitative estimate of drug-likeness (QED) is 0.593. The summed E-state index contributed by atoms with van der Waals surface area (Å²) in [5, 5.41) is 12.4. The molecule has 2 aromatic carbocycles. The first kappa shape index (κ1) is 20.5. The maximum Gasteiger partial charge on any atom is 0.234 e. The first-order valence-corrected chi connectivity index (χ1v) is 11.3. The van der Waals surface area contributed by atoms with Crippen molar-refractivity contribution in [1.29, 1.82) is 0 Å². The van der Waals surface area contributed by atoms with Gasteiger partial charge in [-0.15, -0.1) is 10.2 Å². The number of anilines is 2. The Labute approximate surface area is 181 Å². The monoisotopic (exact) mass is 421 g/mol. The number of hydrogen-bond acceptors (Lipinski definition) is 5. The van der Waals surface area contributed by atoms with Crippen LogP contribution in [-0.2, 0) is 4.79 Å². The van der Waals surface area contributed by atoms with E-state index in [1.54, 1.807) is 0 Å². The molecule has 0 bridgehead atoms. The molecule has 30 heavy (non-hydrogen) atoms. The number of carbonyl (C=O) groups excluding carboxylic acids is 1. The zero-order valence-corrected chi connectivity index (χ0v) is 18.5. The van der Waals surface area contributed by atoms with E-state index in [4.69, 9.17) is 0 Å². The normalized spacial score (nSPS) is 13.6. The van der Waals surface area contributed by atoms with Gasteiger partial charge in [-0.2, -0.15) is 0 Å². The lowest BCUT2D eigenvalue weighted by Gasteiger charge is -2.21. The molecular formula is C23H27N5OS. The van der Waals surface area contributed by atoms with Crippen LogP contribution in [-0.4, -0.2) is 39.5 Å². The number of benzene rings is 2. The number of hydrogen-bond donors (Lipinski definition) is 1. The maximum atomic E-state index is 12.7. The number of aromatic nitrogens is 3. The number of nitrogens with zero attached hydrogens (tertiary/aromatic N) is 4. The summed E-state index contributed by atoms with van der Waals surface area (Å²) in [5.74, 6) is 1.04. The molecule has 1 aliphatic rings. The molecule has 4 rings (SSSR count). The van der Waals surface area contributed by atoms with Gasteiger partial charge in [-0.1, -0.05) is 36.0 Å². The van der Waals surface area contributed by atoms with E-state index >= 15 is 0 Å². The number of amides is 1. The molecule has 0 unspecified atom stereocenters. The summed E-state index contributed by atoms with van der Waals surface area (Å²) >= 11 is 1.41. The average molecular weight is 422 g/mol. The van der Waals surface area contributed by atoms with Crippen LogP contribution in [0.5, 0.6) is 0 Å². The van der Waals surface area contributed by atoms with Crippen LogP contribution >= 0.6 is 11.8 Å². The molecule has 2 heterocycles. The van der Waals surface area contributed by atoms with Crippen LogP contribution in [0, 0.1) is 20.8 Å². The predicted octanol–water partition coefficient (Wildman–Crippen LogP) is 4.52. The van der Waals surface area contributed by atoms with Gasteiger partial charge in [-0.05, 0) is 62.9 Å². The molecule has 1 fully saturated rings. The van der Waals surface area contributed by atoms with Crippen LogP contribution < -0.4 is 10.2 Å². The zero-order valence-electron chi connectivity index (χ0n) is 17.7. The minimum absolute atomic E-state index is 0.0418. The van der Waals surface area contributed by atoms with Gasteiger partial charge in [0.2, 0.25) is 5.91 Å². The van der Waals surface area contributed by atoms with Gasteiger partial charge in [-0.25, -0.2) is 0 Å². The van der Waals surface area contributed by atoms with E-state index in [0.717, 1.165) is 46.7 Å². The highest BCUT2D eigenvalue weighted by Crippen LogP contribution is 2.29. The molecule has 0 spiro atoms. The summed E-state index contributed by atoms with van der Waals surface area (Å²) in [6, 6.07) is 14.4. The SMILES string of the molecule is Cc1ccc(C)c(-n2c(C)nnc2SCC(=O)Nc2ccccc2N2CCCC2)c1. The smallest absolute Gasteiger partial charge is 0.234 e. The van der Waals surface area contributed by atoms with Crippen molar-refractivity contribution in [3.8, 4) is 5.69 Å². The third-order valence-corrected chi connectivity index (χ3v) is 6.29. The van der Waals surface area contributed by atoms with Gasteiger partial charge < -0.3 is 10.2 Å². The average Bonchev–Trinajstić information content (AvgIpc) is 3.39. The number of rotatable bonds is 6. The van der Waals surface area contributed by atoms with Crippen LogP contribution in [0.3, 0.4) is 0 Å². The maximum absolute atomic E-state index is 12.7. The highest BCUT2D eigenvalue weighted by molar-refractivity contribution is 7.99. The minimum Gasteiger partial charge on any atom is -0.370 e. The molecule has 1 amide bonds. The van der Waals surface area contributed by atoms with E-state index in [1.165, 1.54) is 30.2 Å². The van der Waals surface area contributed by atoms with Crippen molar-refractivity contribution in [3.63, 3.8) is 0 Å². The fraction of sp³-hybridized carbons (Fsp3) is 0.348. The summed E-state index contributed by atoms with van der Waals surface area (Å²) in [4.78, 5) is 15.1. The number of nitrogens with one attached hydrogen (secondary N) is 1. The second-order valence-electron chi connectivity index (χ2n) is 7.70. The fourth-order valence-electron chi connectivity index (χ4n) is 3.80. The van der Waals surface area contributed by atoms with Gasteiger partial charge in [0.15, 0.2) is 5.16 Å². The lowest BCUT2D eigenvalue weighted by Crippen LogP contribution is -2.21. The first-order valence-electron chi connectivity index (χ1n) is 10.3. The number of carbonyl (C=O) groups is 1. The molecule has 0 radical (unpaired) electrons. The third kappa shape index (κ3) is 4.36. The Hall–Kier alpha value is -2.80. The second-order valence-corrected chi connectivity index (χ2v) is 8.65. The number of aryl methyl sites for hydroxylation is 3. The third-order valence-electron chi connectivity index (χ3n) is 5.36. The topological polar surface area (TPSA) is 63.1 Å². The Balaban J connectivity index is 1.48. The number of para-hydroxylation sites is 2. The summed E-state index contributed by atoms with van der Waals surface area (Å²) in [6.07, 6.45) is 2.40. The van der Waals surface area contributed by atoms with Gasteiger partial charge in [0.25, 0.3) is 0 Å². The minimum atomic E-state index is -0.0418. The van der Waals surface area contributed by atoms with E-state index in [0.29, 0.717) is 0 Å².